The number of hydrogen-bond acceptors (Lipinski definition) is 6. The summed E-state index contributed by atoms with van der Waals surface area (Å²) in [4.78, 5) is 7.38. The van der Waals surface area contributed by atoms with Crippen LogP contribution in [0.1, 0.15) is 13.8 Å². The third-order valence-electron chi connectivity index (χ3n) is 4.59. The normalized spacial score (nSPS) is 15.3. The second-order valence-corrected chi connectivity index (χ2v) is 8.47. The number of thiophene rings is 1. The van der Waals surface area contributed by atoms with Crippen LogP contribution in [-0.4, -0.2) is 48.5 Å². The fourth-order valence-electron chi connectivity index (χ4n) is 3.20. The number of benzene rings is 1. The van der Waals surface area contributed by atoms with Crippen molar-refractivity contribution in [3.8, 4) is 17.0 Å². The molecule has 1 aliphatic rings. The number of fused-ring (bicyclic) bond motifs is 1. The molecular formula is C21H25N3O2S. The third-order valence-corrected chi connectivity index (χ3v) is 5.45. The van der Waals surface area contributed by atoms with Gasteiger partial charge >= 0.3 is 0 Å². The van der Waals surface area contributed by atoms with Gasteiger partial charge in [0.05, 0.1) is 11.3 Å². The molecule has 2 aromatic heterocycles. The molecule has 0 amide bonds. The molecule has 0 bridgehead atoms. The van der Waals surface area contributed by atoms with Crippen LogP contribution in [0, 0.1) is 0 Å². The molecule has 1 fully saturated rings. The van der Waals surface area contributed by atoms with E-state index in [1.807, 2.05) is 24.3 Å². The van der Waals surface area contributed by atoms with E-state index in [2.05, 4.69) is 27.7 Å². The van der Waals surface area contributed by atoms with Crippen molar-refractivity contribution in [3.05, 3.63) is 41.8 Å². The van der Waals surface area contributed by atoms with E-state index in [0.717, 1.165) is 49.0 Å². The molecule has 0 spiro atoms. The highest BCUT2D eigenvalue weighted by Gasteiger charge is 2.17. The van der Waals surface area contributed by atoms with Crippen LogP contribution in [-0.2, 0) is 0 Å². The average molecular weight is 384 g/mol. The predicted molar refractivity (Wildman–Crippen MR) is 112 cm³/mol. The van der Waals surface area contributed by atoms with Crippen LogP contribution in [0.3, 0.4) is 0 Å². The van der Waals surface area contributed by atoms with E-state index in [-0.39, 0.29) is 6.61 Å². The Hall–Kier alpha value is -2.15. The van der Waals surface area contributed by atoms with E-state index in [0.29, 0.717) is 0 Å². The smallest absolute Gasteiger partial charge is 0.138 e. The maximum absolute atomic E-state index is 9.80. The van der Waals surface area contributed by atoms with Crippen LogP contribution in [0.2, 0.25) is 0 Å². The molecule has 0 aliphatic carbocycles. The minimum Gasteiger partial charge on any atom is -0.491 e. The summed E-state index contributed by atoms with van der Waals surface area (Å²) in [5.74, 6) is 1.83. The molecule has 4 rings (SSSR count). The zero-order valence-electron chi connectivity index (χ0n) is 15.7. The summed E-state index contributed by atoms with van der Waals surface area (Å²) in [6, 6.07) is 12.3. The molecule has 0 saturated carbocycles. The maximum Gasteiger partial charge on any atom is 0.138 e. The molecule has 1 saturated heterocycles. The minimum atomic E-state index is -0.845. The van der Waals surface area contributed by atoms with Crippen LogP contribution in [0.15, 0.2) is 41.8 Å². The van der Waals surface area contributed by atoms with Gasteiger partial charge in [0.1, 0.15) is 18.2 Å². The Morgan fingerprint density at radius 2 is 1.93 bits per heavy atom. The monoisotopic (exact) mass is 383 g/mol. The van der Waals surface area contributed by atoms with Crippen LogP contribution >= 0.6 is 11.3 Å². The van der Waals surface area contributed by atoms with E-state index in [4.69, 9.17) is 9.72 Å². The molecule has 3 aromatic rings. The van der Waals surface area contributed by atoms with Crippen LogP contribution in [0.4, 0.5) is 5.82 Å². The van der Waals surface area contributed by atoms with Gasteiger partial charge in [-0.2, -0.15) is 0 Å². The van der Waals surface area contributed by atoms with Gasteiger partial charge in [-0.3, -0.25) is 0 Å². The van der Waals surface area contributed by atoms with E-state index in [1.165, 1.54) is 10.1 Å². The number of aromatic nitrogens is 1. The first-order valence-electron chi connectivity index (χ1n) is 9.29. The number of piperazine rings is 1. The Morgan fingerprint density at radius 1 is 1.19 bits per heavy atom. The molecule has 2 N–H and O–H groups in total. The van der Waals surface area contributed by atoms with Crippen LogP contribution in [0.5, 0.6) is 5.75 Å². The van der Waals surface area contributed by atoms with Gasteiger partial charge in [-0.1, -0.05) is 0 Å². The molecule has 6 heteroatoms. The molecule has 5 nitrogen and oxygen atoms in total. The number of anilines is 1. The van der Waals surface area contributed by atoms with Gasteiger partial charge in [0.2, 0.25) is 0 Å². The number of hydrogen-bond donors (Lipinski definition) is 2. The molecule has 0 unspecified atom stereocenters. The highest BCUT2D eigenvalue weighted by atomic mass is 32.1. The van der Waals surface area contributed by atoms with Gasteiger partial charge < -0.3 is 20.1 Å². The molecule has 27 heavy (non-hydrogen) atoms. The van der Waals surface area contributed by atoms with Crippen molar-refractivity contribution < 1.29 is 9.84 Å². The molecular weight excluding hydrogens is 358 g/mol. The fourth-order valence-corrected chi connectivity index (χ4v) is 4.01. The topological polar surface area (TPSA) is 57.6 Å². The zero-order valence-corrected chi connectivity index (χ0v) is 16.6. The lowest BCUT2D eigenvalue weighted by atomic mass is 10.1. The second-order valence-electron chi connectivity index (χ2n) is 7.53. The summed E-state index contributed by atoms with van der Waals surface area (Å²) in [6.07, 6.45) is 0. The number of nitrogens with zero attached hydrogens (tertiary/aromatic N) is 2. The number of pyridine rings is 1. The van der Waals surface area contributed by atoms with Crippen molar-refractivity contribution >= 4 is 27.2 Å². The van der Waals surface area contributed by atoms with Crippen LogP contribution < -0.4 is 15.0 Å². The highest BCUT2D eigenvalue weighted by Crippen LogP contribution is 2.34. The molecule has 1 aromatic carbocycles. The molecule has 1 aliphatic heterocycles. The van der Waals surface area contributed by atoms with Gasteiger partial charge in [-0.15, -0.1) is 11.3 Å². The van der Waals surface area contributed by atoms with E-state index >= 15 is 0 Å². The Morgan fingerprint density at radius 3 is 2.63 bits per heavy atom. The Kier molecular flexibility index (Phi) is 5.04. The number of aliphatic hydroxyl groups is 1. The summed E-state index contributed by atoms with van der Waals surface area (Å²) in [7, 11) is 0. The summed E-state index contributed by atoms with van der Waals surface area (Å²) < 4.78 is 6.91. The van der Waals surface area contributed by atoms with Crippen molar-refractivity contribution in [1.29, 1.82) is 0 Å². The van der Waals surface area contributed by atoms with E-state index in [1.54, 1.807) is 25.2 Å². The standard InChI is InChI=1S/C21H25N3O2S/c1-21(2,25)14-26-16-5-3-15(4-6-16)18-13-19-17(7-12-27-19)20(23-18)24-10-8-22-9-11-24/h3-7,12-13,22,25H,8-11,14H2,1-2H3. The van der Waals surface area contributed by atoms with Gasteiger partial charge in [0.25, 0.3) is 0 Å². The van der Waals surface area contributed by atoms with Crippen LogP contribution in [0.25, 0.3) is 21.3 Å². The third kappa shape index (κ3) is 4.24. The quantitative estimate of drug-likeness (QED) is 0.706. The maximum atomic E-state index is 9.80. The predicted octanol–water partition coefficient (Wildman–Crippen LogP) is 3.52. The van der Waals surface area contributed by atoms with E-state index in [9.17, 15) is 5.11 Å². The lowest BCUT2D eigenvalue weighted by Crippen LogP contribution is -2.44. The Labute approximate surface area is 163 Å². The summed E-state index contributed by atoms with van der Waals surface area (Å²) in [5.41, 5.74) is 1.20. The van der Waals surface area contributed by atoms with Gasteiger partial charge in [-0.05, 0) is 55.6 Å². The van der Waals surface area contributed by atoms with Crippen molar-refractivity contribution in [2.75, 3.05) is 37.7 Å². The molecule has 0 radical (unpaired) electrons. The largest absolute Gasteiger partial charge is 0.491 e. The van der Waals surface area contributed by atoms with Crippen molar-refractivity contribution in [1.82, 2.24) is 10.3 Å². The fraction of sp³-hybridized carbons (Fsp3) is 0.381. The SMILES string of the molecule is CC(C)(O)COc1ccc(-c2cc3sccc3c(N3CCNCC3)n2)cc1. The molecule has 0 atom stereocenters. The first kappa shape index (κ1) is 18.2. The number of ether oxygens (including phenoxy) is 1. The van der Waals surface area contributed by atoms with Gasteiger partial charge in [-0.25, -0.2) is 4.98 Å². The van der Waals surface area contributed by atoms with Crippen molar-refractivity contribution in [2.45, 2.75) is 19.4 Å². The first-order valence-corrected chi connectivity index (χ1v) is 10.2. The second kappa shape index (κ2) is 7.46. The van der Waals surface area contributed by atoms with Crippen molar-refractivity contribution in [3.63, 3.8) is 0 Å². The first-order chi connectivity index (χ1) is 13.0. The number of nitrogens with one attached hydrogen (secondary N) is 1. The summed E-state index contributed by atoms with van der Waals surface area (Å²) in [5, 5.41) is 16.6. The summed E-state index contributed by atoms with van der Waals surface area (Å²) in [6.45, 7) is 7.67. The highest BCUT2D eigenvalue weighted by molar-refractivity contribution is 7.17. The van der Waals surface area contributed by atoms with Crippen molar-refractivity contribution in [2.24, 2.45) is 0 Å². The van der Waals surface area contributed by atoms with Gasteiger partial charge in [0, 0.05) is 41.8 Å². The molecule has 142 valence electrons. The minimum absolute atomic E-state index is 0.263. The lowest BCUT2D eigenvalue weighted by molar-refractivity contribution is 0.0285. The Balaban J connectivity index is 1.63. The Bertz CT molecular complexity index is 909. The average Bonchev–Trinajstić information content (AvgIpc) is 3.15. The number of rotatable bonds is 5. The zero-order chi connectivity index (χ0) is 18.9. The lowest BCUT2D eigenvalue weighted by Gasteiger charge is -2.29. The summed E-state index contributed by atoms with van der Waals surface area (Å²) >= 11 is 1.75. The van der Waals surface area contributed by atoms with E-state index < -0.39 is 5.60 Å². The molecule has 3 heterocycles. The van der Waals surface area contributed by atoms with Gasteiger partial charge in [0.15, 0.2) is 0 Å².